The summed E-state index contributed by atoms with van der Waals surface area (Å²) in [5, 5.41) is 0. The molecular formula is C36H64O2. The van der Waals surface area contributed by atoms with Crippen molar-refractivity contribution < 1.29 is 9.53 Å². The van der Waals surface area contributed by atoms with Crippen molar-refractivity contribution in [2.75, 3.05) is 6.61 Å². The summed E-state index contributed by atoms with van der Waals surface area (Å²) in [5.74, 6) is -0.00160. The Morgan fingerprint density at radius 2 is 0.816 bits per heavy atom. The highest BCUT2D eigenvalue weighted by atomic mass is 16.5. The van der Waals surface area contributed by atoms with Gasteiger partial charge in [-0.3, -0.25) is 4.79 Å². The van der Waals surface area contributed by atoms with Gasteiger partial charge >= 0.3 is 5.97 Å². The summed E-state index contributed by atoms with van der Waals surface area (Å²) >= 11 is 0. The normalized spacial score (nSPS) is 12.2. The lowest BCUT2D eigenvalue weighted by Gasteiger charge is -2.05. The number of hydrogen-bond acceptors (Lipinski definition) is 2. The van der Waals surface area contributed by atoms with E-state index in [2.05, 4.69) is 62.5 Å². The van der Waals surface area contributed by atoms with Crippen molar-refractivity contribution in [1.29, 1.82) is 0 Å². The molecule has 0 aliphatic carbocycles. The Morgan fingerprint density at radius 3 is 1.26 bits per heavy atom. The summed E-state index contributed by atoms with van der Waals surface area (Å²) in [6, 6.07) is 0. The Morgan fingerprint density at radius 1 is 0.447 bits per heavy atom. The van der Waals surface area contributed by atoms with Gasteiger partial charge in [-0.25, -0.2) is 0 Å². The summed E-state index contributed by atoms with van der Waals surface area (Å²) in [7, 11) is 0. The van der Waals surface area contributed by atoms with Crippen LogP contribution in [-0.4, -0.2) is 12.6 Å². The molecule has 0 unspecified atom stereocenters. The van der Waals surface area contributed by atoms with Crippen LogP contribution in [0.5, 0.6) is 0 Å². The fourth-order valence-electron chi connectivity index (χ4n) is 4.43. The molecular weight excluding hydrogens is 464 g/mol. The van der Waals surface area contributed by atoms with Crippen molar-refractivity contribution in [2.24, 2.45) is 0 Å². The first-order valence-corrected chi connectivity index (χ1v) is 16.6. The Hall–Kier alpha value is -1.57. The first-order chi connectivity index (χ1) is 18.8. The van der Waals surface area contributed by atoms with Crippen LogP contribution in [0.15, 0.2) is 48.6 Å². The number of carbonyl (C=O) groups is 1. The van der Waals surface area contributed by atoms with E-state index in [1.165, 1.54) is 116 Å². The van der Waals surface area contributed by atoms with Gasteiger partial charge in [0.2, 0.25) is 0 Å². The molecule has 0 radical (unpaired) electrons. The highest BCUT2D eigenvalue weighted by Crippen LogP contribution is 2.11. The van der Waals surface area contributed by atoms with Crippen LogP contribution in [0.3, 0.4) is 0 Å². The molecule has 38 heavy (non-hydrogen) atoms. The number of hydrogen-bond donors (Lipinski definition) is 0. The molecule has 0 aromatic carbocycles. The number of esters is 1. The number of carbonyl (C=O) groups excluding carboxylic acids is 1. The quantitative estimate of drug-likeness (QED) is 0.0548. The Bertz CT molecular complexity index is 584. The Balaban J connectivity index is 3.29. The maximum absolute atomic E-state index is 11.9. The fraction of sp³-hybridized carbons (Fsp3) is 0.750. The molecule has 0 aliphatic rings. The van der Waals surface area contributed by atoms with Crippen LogP contribution in [0.2, 0.25) is 0 Å². The van der Waals surface area contributed by atoms with Gasteiger partial charge in [-0.2, -0.15) is 0 Å². The first-order valence-electron chi connectivity index (χ1n) is 16.6. The van der Waals surface area contributed by atoms with Crippen molar-refractivity contribution in [2.45, 2.75) is 168 Å². The van der Waals surface area contributed by atoms with Gasteiger partial charge in [0.15, 0.2) is 0 Å². The summed E-state index contributed by atoms with van der Waals surface area (Å²) in [4.78, 5) is 11.9. The molecule has 2 heteroatoms. The smallest absolute Gasteiger partial charge is 0.305 e. The third-order valence-electron chi connectivity index (χ3n) is 6.94. The molecule has 0 fully saturated rings. The van der Waals surface area contributed by atoms with Gasteiger partial charge in [-0.1, -0.05) is 133 Å². The van der Waals surface area contributed by atoms with E-state index in [0.29, 0.717) is 13.0 Å². The van der Waals surface area contributed by atoms with Gasteiger partial charge in [-0.05, 0) is 77.0 Å². The summed E-state index contributed by atoms with van der Waals surface area (Å²) in [5.41, 5.74) is 0. The van der Waals surface area contributed by atoms with Crippen LogP contribution in [0.1, 0.15) is 168 Å². The van der Waals surface area contributed by atoms with Gasteiger partial charge < -0.3 is 4.74 Å². The minimum atomic E-state index is -0.00160. The molecule has 0 amide bonds. The van der Waals surface area contributed by atoms with E-state index in [1.54, 1.807) is 0 Å². The van der Waals surface area contributed by atoms with Gasteiger partial charge in [0, 0.05) is 6.42 Å². The minimum Gasteiger partial charge on any atom is -0.466 e. The third-order valence-corrected chi connectivity index (χ3v) is 6.94. The van der Waals surface area contributed by atoms with Crippen LogP contribution in [0.25, 0.3) is 0 Å². The second-order valence-electron chi connectivity index (χ2n) is 10.8. The largest absolute Gasteiger partial charge is 0.466 e. The first kappa shape index (κ1) is 36.4. The molecule has 0 aliphatic heterocycles. The van der Waals surface area contributed by atoms with E-state index >= 15 is 0 Å². The second kappa shape index (κ2) is 33.5. The van der Waals surface area contributed by atoms with E-state index in [-0.39, 0.29) is 5.97 Å². The second-order valence-corrected chi connectivity index (χ2v) is 10.8. The van der Waals surface area contributed by atoms with Crippen molar-refractivity contribution in [1.82, 2.24) is 0 Å². The van der Waals surface area contributed by atoms with Gasteiger partial charge in [-0.15, -0.1) is 0 Å². The standard InChI is InChI=1S/C36H64O2/c1-3-5-7-9-11-13-15-17-19-21-23-25-27-29-31-33-35-38-36(37)34-32-30-28-26-24-22-20-18-16-14-12-10-8-6-4-2/h11-14,17-20H,3-10,15-16,21-35H2,1-2H3/b13-11+,14-12-,19-17+,20-18-. The number of rotatable bonds is 29. The molecule has 0 aromatic rings. The molecule has 0 saturated carbocycles. The van der Waals surface area contributed by atoms with Gasteiger partial charge in [0.1, 0.15) is 0 Å². The fourth-order valence-corrected chi connectivity index (χ4v) is 4.43. The van der Waals surface area contributed by atoms with Crippen LogP contribution >= 0.6 is 0 Å². The van der Waals surface area contributed by atoms with Crippen molar-refractivity contribution in [3.05, 3.63) is 48.6 Å². The lowest BCUT2D eigenvalue weighted by molar-refractivity contribution is -0.143. The molecule has 2 nitrogen and oxygen atoms in total. The Kier molecular flexibility index (Phi) is 32.1. The summed E-state index contributed by atoms with van der Waals surface area (Å²) in [6.07, 6.45) is 47.3. The predicted octanol–water partition coefficient (Wildman–Crippen LogP) is 12.2. The number of ether oxygens (including phenoxy) is 1. The molecule has 220 valence electrons. The van der Waals surface area contributed by atoms with E-state index in [0.717, 1.165) is 32.1 Å². The van der Waals surface area contributed by atoms with Crippen LogP contribution < -0.4 is 0 Å². The average molecular weight is 529 g/mol. The van der Waals surface area contributed by atoms with Gasteiger partial charge in [0.25, 0.3) is 0 Å². The molecule has 0 saturated heterocycles. The Labute approximate surface area is 238 Å². The van der Waals surface area contributed by atoms with Crippen molar-refractivity contribution in [3.63, 3.8) is 0 Å². The van der Waals surface area contributed by atoms with E-state index in [1.807, 2.05) is 0 Å². The van der Waals surface area contributed by atoms with Crippen LogP contribution in [0, 0.1) is 0 Å². The zero-order chi connectivity index (χ0) is 27.6. The van der Waals surface area contributed by atoms with E-state index < -0.39 is 0 Å². The van der Waals surface area contributed by atoms with Crippen LogP contribution in [0.4, 0.5) is 0 Å². The number of allylic oxidation sites excluding steroid dienone is 8. The molecule has 0 spiro atoms. The topological polar surface area (TPSA) is 26.3 Å². The van der Waals surface area contributed by atoms with E-state index in [4.69, 9.17) is 4.74 Å². The van der Waals surface area contributed by atoms with Crippen molar-refractivity contribution >= 4 is 5.97 Å². The molecule has 0 heterocycles. The highest BCUT2D eigenvalue weighted by Gasteiger charge is 2.02. The minimum absolute atomic E-state index is 0.00160. The molecule has 0 rings (SSSR count). The van der Waals surface area contributed by atoms with Gasteiger partial charge in [0.05, 0.1) is 6.61 Å². The molecule has 0 atom stereocenters. The third kappa shape index (κ3) is 32.5. The van der Waals surface area contributed by atoms with E-state index in [9.17, 15) is 4.79 Å². The molecule has 0 aromatic heterocycles. The lowest BCUT2D eigenvalue weighted by atomic mass is 10.1. The van der Waals surface area contributed by atoms with Crippen molar-refractivity contribution in [3.8, 4) is 0 Å². The summed E-state index contributed by atoms with van der Waals surface area (Å²) in [6.45, 7) is 5.11. The average Bonchev–Trinajstić information content (AvgIpc) is 2.92. The monoisotopic (exact) mass is 528 g/mol. The lowest BCUT2D eigenvalue weighted by Crippen LogP contribution is -2.05. The SMILES string of the molecule is CCCCC/C=C\C/C=C\CCCCCCCC(=O)OCCCCCCCC/C=C/C/C=C/CCCCC. The summed E-state index contributed by atoms with van der Waals surface area (Å²) < 4.78 is 5.41. The zero-order valence-electron chi connectivity index (χ0n) is 25.6. The van der Waals surface area contributed by atoms with Crippen LogP contribution in [-0.2, 0) is 9.53 Å². The molecule has 0 N–H and O–H groups in total. The number of unbranched alkanes of at least 4 members (excludes halogenated alkanes) is 17. The maximum Gasteiger partial charge on any atom is 0.305 e. The maximum atomic E-state index is 11.9. The predicted molar refractivity (Wildman–Crippen MR) is 170 cm³/mol. The zero-order valence-corrected chi connectivity index (χ0v) is 25.6. The highest BCUT2D eigenvalue weighted by molar-refractivity contribution is 5.69. The molecule has 0 bridgehead atoms.